The van der Waals surface area contributed by atoms with Gasteiger partial charge in [0.05, 0.1) is 28.4 Å². The molecule has 1 amide bonds. The average Bonchev–Trinajstić information content (AvgIpc) is 3.46. The number of anilines is 1. The molecule has 198 valence electrons. The highest BCUT2D eigenvalue weighted by atomic mass is 19.4. The number of nitrogens with one attached hydrogen (secondary N) is 2. The summed E-state index contributed by atoms with van der Waals surface area (Å²) in [5.74, 6) is -0.911. The van der Waals surface area contributed by atoms with E-state index in [9.17, 15) is 31.1 Å². The molecule has 3 atom stereocenters. The molecule has 0 bridgehead atoms. The van der Waals surface area contributed by atoms with E-state index in [1.54, 1.807) is 10.9 Å². The van der Waals surface area contributed by atoms with Gasteiger partial charge in [0.15, 0.2) is 0 Å². The predicted molar refractivity (Wildman–Crippen MR) is 126 cm³/mol. The Bertz CT molecular complexity index is 1260. The number of benzene rings is 2. The topological polar surface area (TPSA) is 59.0 Å². The Labute approximate surface area is 209 Å². The van der Waals surface area contributed by atoms with Crippen molar-refractivity contribution < 1.29 is 31.1 Å². The summed E-state index contributed by atoms with van der Waals surface area (Å²) in [6.45, 7) is 5.90. The lowest BCUT2D eigenvalue weighted by atomic mass is 9.90. The minimum atomic E-state index is -4.56. The van der Waals surface area contributed by atoms with Crippen LogP contribution in [0, 0.1) is 0 Å². The number of halogens is 6. The molecule has 1 fully saturated rings. The molecule has 2 heterocycles. The van der Waals surface area contributed by atoms with E-state index in [-0.39, 0.29) is 23.6 Å². The predicted octanol–water partition coefficient (Wildman–Crippen LogP) is 6.50. The molecule has 1 aliphatic heterocycles. The molecule has 1 aromatic heterocycles. The normalized spacial score (nSPS) is 20.7. The maximum Gasteiger partial charge on any atom is 0.416 e. The van der Waals surface area contributed by atoms with Crippen LogP contribution in [0.2, 0.25) is 0 Å². The van der Waals surface area contributed by atoms with Crippen molar-refractivity contribution >= 4 is 11.6 Å². The molecule has 11 heteroatoms. The van der Waals surface area contributed by atoms with Gasteiger partial charge in [0, 0.05) is 23.8 Å². The summed E-state index contributed by atoms with van der Waals surface area (Å²) in [7, 11) is 0. The lowest BCUT2D eigenvalue weighted by Gasteiger charge is -2.21. The van der Waals surface area contributed by atoms with E-state index in [4.69, 9.17) is 0 Å². The lowest BCUT2D eigenvalue weighted by Crippen LogP contribution is -2.36. The minimum Gasteiger partial charge on any atom is -0.325 e. The fraction of sp³-hybridized carbons (Fsp3) is 0.385. The van der Waals surface area contributed by atoms with Crippen LogP contribution in [0.1, 0.15) is 61.5 Å². The van der Waals surface area contributed by atoms with Gasteiger partial charge in [-0.2, -0.15) is 31.4 Å². The third-order valence-electron chi connectivity index (χ3n) is 6.32. The molecule has 37 heavy (non-hydrogen) atoms. The zero-order chi connectivity index (χ0) is 27.2. The van der Waals surface area contributed by atoms with Crippen molar-refractivity contribution in [3.05, 3.63) is 83.2 Å². The molecule has 1 saturated heterocycles. The number of nitrogens with zero attached hydrogens (tertiary/aromatic N) is 2. The first-order valence-corrected chi connectivity index (χ1v) is 11.6. The maximum absolute atomic E-state index is 13.1. The fourth-order valence-electron chi connectivity index (χ4n) is 4.39. The zero-order valence-electron chi connectivity index (χ0n) is 20.3. The average molecular weight is 525 g/mol. The number of carbonyl (C=O) groups excluding carboxylic acids is 1. The van der Waals surface area contributed by atoms with Gasteiger partial charge in [0.25, 0.3) is 0 Å². The molecule has 0 saturated carbocycles. The summed E-state index contributed by atoms with van der Waals surface area (Å²) < 4.78 is 80.2. The van der Waals surface area contributed by atoms with Gasteiger partial charge in [-0.05, 0) is 69.2 Å². The Balaban J connectivity index is 1.61. The van der Waals surface area contributed by atoms with Gasteiger partial charge < -0.3 is 5.32 Å². The zero-order valence-corrected chi connectivity index (χ0v) is 20.3. The van der Waals surface area contributed by atoms with E-state index in [0.29, 0.717) is 11.3 Å². The van der Waals surface area contributed by atoms with Crippen LogP contribution in [-0.4, -0.2) is 21.7 Å². The summed E-state index contributed by atoms with van der Waals surface area (Å²) in [6, 6.07) is 9.47. The van der Waals surface area contributed by atoms with Crippen molar-refractivity contribution in [2.75, 3.05) is 5.32 Å². The molecular weight excluding hydrogens is 498 g/mol. The third-order valence-corrected chi connectivity index (χ3v) is 6.32. The SMILES string of the molecule is CC(C)(C)n1ccc([C@@H]2C[C@@H](C(=O)Nc3cccc(C(F)(F)F)c3)N[C@H]2c2ccc(C(F)(F)F)cc2)n1. The summed E-state index contributed by atoms with van der Waals surface area (Å²) in [6.07, 6.45) is -7.00. The molecule has 4 rings (SSSR count). The molecule has 3 aromatic rings. The van der Waals surface area contributed by atoms with Crippen LogP contribution in [0.3, 0.4) is 0 Å². The first-order chi connectivity index (χ1) is 17.1. The Hall–Kier alpha value is -3.34. The number of rotatable bonds is 4. The monoisotopic (exact) mass is 524 g/mol. The molecule has 0 spiro atoms. The van der Waals surface area contributed by atoms with Crippen molar-refractivity contribution in [2.45, 2.75) is 63.1 Å². The molecule has 0 unspecified atom stereocenters. The minimum absolute atomic E-state index is 0.00633. The third kappa shape index (κ3) is 5.98. The largest absolute Gasteiger partial charge is 0.416 e. The van der Waals surface area contributed by atoms with Gasteiger partial charge in [0.1, 0.15) is 0 Å². The van der Waals surface area contributed by atoms with Gasteiger partial charge in [0.2, 0.25) is 5.91 Å². The van der Waals surface area contributed by atoms with Crippen LogP contribution in [0.25, 0.3) is 0 Å². The number of hydrogen-bond donors (Lipinski definition) is 2. The highest BCUT2D eigenvalue weighted by Gasteiger charge is 2.41. The summed E-state index contributed by atoms with van der Waals surface area (Å²) in [5, 5.41) is 10.3. The van der Waals surface area contributed by atoms with E-state index in [0.717, 1.165) is 24.3 Å². The standard InChI is InChI=1S/C26H26F6N4O/c1-24(2,3)36-12-11-20(35-36)19-14-21(23(37)33-18-6-4-5-17(13-18)26(30,31)32)34-22(19)15-7-9-16(10-8-15)25(27,28)29/h4-13,19,21-22,34H,14H2,1-3H3,(H,33,37)/t19-,21-,22-/m0/s1. The molecular formula is C26H26F6N4O. The number of alkyl halides is 6. The molecule has 2 aromatic carbocycles. The van der Waals surface area contributed by atoms with Crippen molar-refractivity contribution in [2.24, 2.45) is 0 Å². The molecule has 0 radical (unpaired) electrons. The highest BCUT2D eigenvalue weighted by Crippen LogP contribution is 2.41. The quantitative estimate of drug-likeness (QED) is 0.383. The summed E-state index contributed by atoms with van der Waals surface area (Å²) in [5.41, 5.74) is -0.805. The van der Waals surface area contributed by atoms with Gasteiger partial charge >= 0.3 is 12.4 Å². The van der Waals surface area contributed by atoms with Crippen molar-refractivity contribution in [3.8, 4) is 0 Å². The van der Waals surface area contributed by atoms with Crippen molar-refractivity contribution in [3.63, 3.8) is 0 Å². The number of carbonyl (C=O) groups is 1. The summed E-state index contributed by atoms with van der Waals surface area (Å²) in [4.78, 5) is 13.1. The van der Waals surface area contributed by atoms with E-state index in [2.05, 4.69) is 15.7 Å². The van der Waals surface area contributed by atoms with Crippen molar-refractivity contribution in [1.82, 2.24) is 15.1 Å². The first-order valence-electron chi connectivity index (χ1n) is 11.6. The van der Waals surface area contributed by atoms with Crippen LogP contribution < -0.4 is 10.6 Å². The van der Waals surface area contributed by atoms with Crippen LogP contribution >= 0.6 is 0 Å². The summed E-state index contributed by atoms with van der Waals surface area (Å²) >= 11 is 0. The molecule has 0 aliphatic carbocycles. The second kappa shape index (κ2) is 9.51. The second-order valence-corrected chi connectivity index (χ2v) is 10.1. The number of aromatic nitrogens is 2. The number of hydrogen-bond acceptors (Lipinski definition) is 3. The first kappa shape index (κ1) is 26.7. The van der Waals surface area contributed by atoms with Gasteiger partial charge in [-0.1, -0.05) is 18.2 Å². The smallest absolute Gasteiger partial charge is 0.325 e. The van der Waals surface area contributed by atoms with Gasteiger partial charge in [-0.3, -0.25) is 14.8 Å². The maximum atomic E-state index is 13.1. The van der Waals surface area contributed by atoms with Crippen LogP contribution in [0.4, 0.5) is 32.0 Å². The van der Waals surface area contributed by atoms with Crippen LogP contribution in [0.5, 0.6) is 0 Å². The Morgan fingerprint density at radius 3 is 2.16 bits per heavy atom. The second-order valence-electron chi connectivity index (χ2n) is 10.1. The van der Waals surface area contributed by atoms with E-state index in [1.807, 2.05) is 26.8 Å². The Morgan fingerprint density at radius 2 is 1.59 bits per heavy atom. The van der Waals surface area contributed by atoms with E-state index >= 15 is 0 Å². The highest BCUT2D eigenvalue weighted by molar-refractivity contribution is 5.95. The van der Waals surface area contributed by atoms with E-state index < -0.39 is 41.5 Å². The number of amides is 1. The van der Waals surface area contributed by atoms with Gasteiger partial charge in [-0.25, -0.2) is 0 Å². The van der Waals surface area contributed by atoms with E-state index in [1.165, 1.54) is 24.3 Å². The Morgan fingerprint density at radius 1 is 0.946 bits per heavy atom. The molecule has 1 aliphatic rings. The Kier molecular flexibility index (Phi) is 6.87. The molecule has 5 nitrogen and oxygen atoms in total. The fourth-order valence-corrected chi connectivity index (χ4v) is 4.39. The van der Waals surface area contributed by atoms with Gasteiger partial charge in [-0.15, -0.1) is 0 Å². The van der Waals surface area contributed by atoms with Crippen LogP contribution in [-0.2, 0) is 22.7 Å². The lowest BCUT2D eigenvalue weighted by molar-refractivity contribution is -0.138. The van der Waals surface area contributed by atoms with Crippen LogP contribution in [0.15, 0.2) is 60.8 Å². The van der Waals surface area contributed by atoms with Crippen molar-refractivity contribution in [1.29, 1.82) is 0 Å². The molecule has 2 N–H and O–H groups in total.